The van der Waals surface area contributed by atoms with Gasteiger partial charge in [0.15, 0.2) is 0 Å². The summed E-state index contributed by atoms with van der Waals surface area (Å²) < 4.78 is 0. The Balaban J connectivity index is 1.92. The highest BCUT2D eigenvalue weighted by atomic mass is 16.2. The van der Waals surface area contributed by atoms with Crippen molar-refractivity contribution < 1.29 is 4.79 Å². The third-order valence-electron chi connectivity index (χ3n) is 3.46. The zero-order valence-electron chi connectivity index (χ0n) is 11.1. The first kappa shape index (κ1) is 13.1. The SMILES string of the molecule is CCN(CC)CCNC1C(=O)Nc2ccccc21. The molecule has 0 aromatic heterocycles. The predicted molar refractivity (Wildman–Crippen MR) is 73.6 cm³/mol. The van der Waals surface area contributed by atoms with E-state index in [1.807, 2.05) is 24.3 Å². The van der Waals surface area contributed by atoms with E-state index in [-0.39, 0.29) is 11.9 Å². The Morgan fingerprint density at radius 1 is 1.28 bits per heavy atom. The normalized spacial score (nSPS) is 17.9. The number of nitrogens with zero attached hydrogens (tertiary/aromatic N) is 1. The molecule has 0 aliphatic carbocycles. The van der Waals surface area contributed by atoms with Crippen LogP contribution in [0.5, 0.6) is 0 Å². The number of anilines is 1. The van der Waals surface area contributed by atoms with Crippen LogP contribution in [0.4, 0.5) is 5.69 Å². The number of carbonyl (C=O) groups is 1. The highest BCUT2D eigenvalue weighted by Crippen LogP contribution is 2.29. The van der Waals surface area contributed by atoms with Gasteiger partial charge in [0.05, 0.1) is 0 Å². The maximum absolute atomic E-state index is 11.9. The molecule has 0 saturated carbocycles. The minimum absolute atomic E-state index is 0.0516. The molecule has 0 bridgehead atoms. The zero-order valence-corrected chi connectivity index (χ0v) is 11.1. The van der Waals surface area contributed by atoms with Gasteiger partial charge in [0, 0.05) is 24.3 Å². The van der Waals surface area contributed by atoms with Crippen molar-refractivity contribution >= 4 is 11.6 Å². The maximum atomic E-state index is 11.9. The summed E-state index contributed by atoms with van der Waals surface area (Å²) in [4.78, 5) is 14.2. The fourth-order valence-electron chi connectivity index (χ4n) is 2.32. The Kier molecular flexibility index (Phi) is 4.33. The molecule has 1 aromatic carbocycles. The van der Waals surface area contributed by atoms with Crippen LogP contribution in [-0.2, 0) is 4.79 Å². The first-order chi connectivity index (χ1) is 8.76. The Bertz CT molecular complexity index is 415. The van der Waals surface area contributed by atoms with E-state index in [0.717, 1.165) is 37.4 Å². The lowest BCUT2D eigenvalue weighted by molar-refractivity contribution is -0.117. The van der Waals surface area contributed by atoms with Crippen LogP contribution in [0.2, 0.25) is 0 Å². The van der Waals surface area contributed by atoms with Gasteiger partial charge in [0.1, 0.15) is 6.04 Å². The third kappa shape index (κ3) is 2.71. The van der Waals surface area contributed by atoms with Gasteiger partial charge >= 0.3 is 0 Å². The first-order valence-electron chi connectivity index (χ1n) is 6.61. The number of hydrogen-bond donors (Lipinski definition) is 2. The highest BCUT2D eigenvalue weighted by Gasteiger charge is 2.29. The zero-order chi connectivity index (χ0) is 13.0. The topological polar surface area (TPSA) is 44.4 Å². The molecule has 1 amide bonds. The monoisotopic (exact) mass is 247 g/mol. The van der Waals surface area contributed by atoms with E-state index in [1.54, 1.807) is 0 Å². The largest absolute Gasteiger partial charge is 0.324 e. The summed E-state index contributed by atoms with van der Waals surface area (Å²) in [6.45, 7) is 8.20. The van der Waals surface area contributed by atoms with Crippen molar-refractivity contribution in [2.75, 3.05) is 31.5 Å². The van der Waals surface area contributed by atoms with E-state index in [0.29, 0.717) is 0 Å². The van der Waals surface area contributed by atoms with Crippen molar-refractivity contribution in [3.05, 3.63) is 29.8 Å². The number of hydrogen-bond acceptors (Lipinski definition) is 3. The Morgan fingerprint density at radius 3 is 2.72 bits per heavy atom. The van der Waals surface area contributed by atoms with Crippen molar-refractivity contribution in [2.24, 2.45) is 0 Å². The van der Waals surface area contributed by atoms with Crippen molar-refractivity contribution in [3.8, 4) is 0 Å². The lowest BCUT2D eigenvalue weighted by atomic mass is 10.1. The number of benzene rings is 1. The van der Waals surface area contributed by atoms with E-state index in [4.69, 9.17) is 0 Å². The first-order valence-corrected chi connectivity index (χ1v) is 6.61. The number of likely N-dealkylation sites (N-methyl/N-ethyl adjacent to an activating group) is 1. The summed E-state index contributed by atoms with van der Waals surface area (Å²) in [7, 11) is 0. The number of rotatable bonds is 6. The molecule has 2 N–H and O–H groups in total. The summed E-state index contributed by atoms with van der Waals surface area (Å²) in [5, 5.41) is 6.23. The molecule has 1 unspecified atom stereocenters. The molecule has 4 heteroatoms. The van der Waals surface area contributed by atoms with Crippen molar-refractivity contribution in [2.45, 2.75) is 19.9 Å². The standard InChI is InChI=1S/C14H21N3O/c1-3-17(4-2)10-9-15-13-11-7-5-6-8-12(11)16-14(13)18/h5-8,13,15H,3-4,9-10H2,1-2H3,(H,16,18). The van der Waals surface area contributed by atoms with Crippen LogP contribution in [0.1, 0.15) is 25.5 Å². The quantitative estimate of drug-likeness (QED) is 0.802. The van der Waals surface area contributed by atoms with Crippen LogP contribution in [0.25, 0.3) is 0 Å². The van der Waals surface area contributed by atoms with Gasteiger partial charge < -0.3 is 15.5 Å². The molecule has 98 valence electrons. The van der Waals surface area contributed by atoms with Crippen molar-refractivity contribution in [3.63, 3.8) is 0 Å². The molecule has 1 aliphatic rings. The highest BCUT2D eigenvalue weighted by molar-refractivity contribution is 6.02. The smallest absolute Gasteiger partial charge is 0.246 e. The second kappa shape index (κ2) is 5.98. The van der Waals surface area contributed by atoms with E-state index in [2.05, 4.69) is 29.4 Å². The van der Waals surface area contributed by atoms with Crippen LogP contribution >= 0.6 is 0 Å². The fraction of sp³-hybridized carbons (Fsp3) is 0.500. The van der Waals surface area contributed by atoms with E-state index < -0.39 is 0 Å². The van der Waals surface area contributed by atoms with Gasteiger partial charge in [0.2, 0.25) is 5.91 Å². The average Bonchev–Trinajstić information content (AvgIpc) is 2.71. The van der Waals surface area contributed by atoms with E-state index in [1.165, 1.54) is 0 Å². The molecule has 1 aliphatic heterocycles. The average molecular weight is 247 g/mol. The second-order valence-corrected chi connectivity index (χ2v) is 4.49. The van der Waals surface area contributed by atoms with Crippen molar-refractivity contribution in [1.82, 2.24) is 10.2 Å². The molecule has 18 heavy (non-hydrogen) atoms. The van der Waals surface area contributed by atoms with Crippen LogP contribution in [-0.4, -0.2) is 37.0 Å². The van der Waals surface area contributed by atoms with Crippen LogP contribution in [0.3, 0.4) is 0 Å². The molecule has 4 nitrogen and oxygen atoms in total. The number of nitrogens with one attached hydrogen (secondary N) is 2. The van der Waals surface area contributed by atoms with Gasteiger partial charge in [-0.2, -0.15) is 0 Å². The molecule has 0 radical (unpaired) electrons. The lowest BCUT2D eigenvalue weighted by Gasteiger charge is -2.19. The molecule has 0 fully saturated rings. The number of carbonyl (C=O) groups excluding carboxylic acids is 1. The molecule has 2 rings (SSSR count). The molecule has 1 atom stereocenters. The molecular formula is C14H21N3O. The summed E-state index contributed by atoms with van der Waals surface area (Å²) in [5.41, 5.74) is 1.99. The summed E-state index contributed by atoms with van der Waals surface area (Å²) >= 11 is 0. The van der Waals surface area contributed by atoms with Gasteiger partial charge in [-0.05, 0) is 19.2 Å². The van der Waals surface area contributed by atoms with Crippen molar-refractivity contribution in [1.29, 1.82) is 0 Å². The van der Waals surface area contributed by atoms with Crippen LogP contribution in [0, 0.1) is 0 Å². The van der Waals surface area contributed by atoms with Gasteiger partial charge in [-0.1, -0.05) is 32.0 Å². The fourth-order valence-corrected chi connectivity index (χ4v) is 2.32. The summed E-state index contributed by atoms with van der Waals surface area (Å²) in [6.07, 6.45) is 0. The third-order valence-corrected chi connectivity index (χ3v) is 3.46. The molecular weight excluding hydrogens is 226 g/mol. The Morgan fingerprint density at radius 2 is 2.00 bits per heavy atom. The van der Waals surface area contributed by atoms with Gasteiger partial charge in [-0.15, -0.1) is 0 Å². The van der Waals surface area contributed by atoms with E-state index in [9.17, 15) is 4.79 Å². The van der Waals surface area contributed by atoms with Crippen LogP contribution < -0.4 is 10.6 Å². The second-order valence-electron chi connectivity index (χ2n) is 4.49. The number of amides is 1. The Hall–Kier alpha value is -1.39. The Labute approximate surface area is 108 Å². The maximum Gasteiger partial charge on any atom is 0.246 e. The summed E-state index contributed by atoms with van der Waals surface area (Å²) in [5.74, 6) is 0.0516. The molecule has 0 saturated heterocycles. The molecule has 1 heterocycles. The van der Waals surface area contributed by atoms with Gasteiger partial charge in [-0.25, -0.2) is 0 Å². The summed E-state index contributed by atoms with van der Waals surface area (Å²) in [6, 6.07) is 7.66. The molecule has 0 spiro atoms. The number of para-hydroxylation sites is 1. The lowest BCUT2D eigenvalue weighted by Crippen LogP contribution is -2.35. The minimum Gasteiger partial charge on any atom is -0.324 e. The minimum atomic E-state index is -0.197. The van der Waals surface area contributed by atoms with E-state index >= 15 is 0 Å². The molecule has 1 aromatic rings. The number of fused-ring (bicyclic) bond motifs is 1. The van der Waals surface area contributed by atoms with Crippen LogP contribution in [0.15, 0.2) is 24.3 Å². The predicted octanol–water partition coefficient (Wildman–Crippen LogP) is 1.61. The van der Waals surface area contributed by atoms with Gasteiger partial charge in [-0.3, -0.25) is 4.79 Å². The van der Waals surface area contributed by atoms with Gasteiger partial charge in [0.25, 0.3) is 0 Å².